The van der Waals surface area contributed by atoms with E-state index in [1.165, 1.54) is 11.1 Å². The monoisotopic (exact) mass is 271 g/mol. The molecule has 0 saturated carbocycles. The minimum absolute atomic E-state index is 0.651. The number of aromatic nitrogens is 2. The van der Waals surface area contributed by atoms with Crippen molar-refractivity contribution in [2.45, 2.75) is 19.9 Å². The predicted octanol–water partition coefficient (Wildman–Crippen LogP) is 2.55. The first-order chi connectivity index (χ1) is 9.78. The van der Waals surface area contributed by atoms with Gasteiger partial charge in [-0.25, -0.2) is 4.98 Å². The molecular formula is C16H21N3O. The van der Waals surface area contributed by atoms with Crippen LogP contribution >= 0.6 is 0 Å². The second kappa shape index (κ2) is 7.60. The third-order valence-corrected chi connectivity index (χ3v) is 3.07. The number of ether oxygens (including phenoxy) is 1. The fourth-order valence-corrected chi connectivity index (χ4v) is 2.00. The molecule has 4 heteroatoms. The van der Waals surface area contributed by atoms with Crippen LogP contribution in [0, 0.1) is 0 Å². The quantitative estimate of drug-likeness (QED) is 0.775. The van der Waals surface area contributed by atoms with Gasteiger partial charge in [-0.05, 0) is 43.7 Å². The summed E-state index contributed by atoms with van der Waals surface area (Å²) < 4.78 is 5.34. The van der Waals surface area contributed by atoms with Crippen molar-refractivity contribution < 1.29 is 4.74 Å². The molecule has 0 aliphatic rings. The number of nitrogens with zero attached hydrogens (tertiary/aromatic N) is 3. The molecule has 0 radical (unpaired) electrons. The van der Waals surface area contributed by atoms with E-state index in [0.29, 0.717) is 12.5 Å². The van der Waals surface area contributed by atoms with Gasteiger partial charge in [0, 0.05) is 37.7 Å². The Balaban J connectivity index is 1.80. The van der Waals surface area contributed by atoms with Crippen LogP contribution in [0.4, 0.5) is 0 Å². The molecule has 0 aromatic carbocycles. The van der Waals surface area contributed by atoms with Crippen molar-refractivity contribution in [1.82, 2.24) is 14.9 Å². The fourth-order valence-electron chi connectivity index (χ4n) is 2.00. The summed E-state index contributed by atoms with van der Waals surface area (Å²) >= 11 is 0. The Labute approximate surface area is 120 Å². The first kappa shape index (κ1) is 14.5. The molecule has 0 saturated heterocycles. The molecule has 0 aliphatic heterocycles. The molecule has 0 aliphatic carbocycles. The van der Waals surface area contributed by atoms with Gasteiger partial charge < -0.3 is 9.64 Å². The zero-order chi connectivity index (χ0) is 14.2. The summed E-state index contributed by atoms with van der Waals surface area (Å²) in [6.45, 7) is 4.52. The molecule has 2 heterocycles. The highest BCUT2D eigenvalue weighted by Crippen LogP contribution is 2.09. The van der Waals surface area contributed by atoms with E-state index < -0.39 is 0 Å². The molecule has 0 fully saturated rings. The average molecular weight is 271 g/mol. The molecule has 0 bridgehead atoms. The van der Waals surface area contributed by atoms with Crippen molar-refractivity contribution in [3.63, 3.8) is 0 Å². The first-order valence-electron chi connectivity index (χ1n) is 6.93. The summed E-state index contributed by atoms with van der Waals surface area (Å²) in [6, 6.07) is 8.12. The van der Waals surface area contributed by atoms with Gasteiger partial charge in [0.05, 0.1) is 6.61 Å². The van der Waals surface area contributed by atoms with Crippen LogP contribution in [0.15, 0.2) is 42.9 Å². The Bertz CT molecular complexity index is 499. The maximum absolute atomic E-state index is 5.34. The van der Waals surface area contributed by atoms with Crippen LogP contribution in [0.3, 0.4) is 0 Å². The van der Waals surface area contributed by atoms with Crippen molar-refractivity contribution in [3.8, 4) is 5.88 Å². The third kappa shape index (κ3) is 4.63. The Morgan fingerprint density at radius 1 is 1.10 bits per heavy atom. The Kier molecular flexibility index (Phi) is 5.50. The molecule has 2 aromatic rings. The predicted molar refractivity (Wildman–Crippen MR) is 79.7 cm³/mol. The molecular weight excluding hydrogens is 250 g/mol. The largest absolute Gasteiger partial charge is 0.478 e. The van der Waals surface area contributed by atoms with Gasteiger partial charge in [-0.15, -0.1) is 0 Å². The molecule has 0 unspecified atom stereocenters. The lowest BCUT2D eigenvalue weighted by molar-refractivity contribution is 0.321. The van der Waals surface area contributed by atoms with Crippen molar-refractivity contribution in [3.05, 3.63) is 54.0 Å². The molecule has 106 valence electrons. The van der Waals surface area contributed by atoms with Gasteiger partial charge in [0.1, 0.15) is 0 Å². The van der Waals surface area contributed by atoms with E-state index in [1.807, 2.05) is 31.6 Å². The maximum Gasteiger partial charge on any atom is 0.213 e. The van der Waals surface area contributed by atoms with E-state index in [9.17, 15) is 0 Å². The summed E-state index contributed by atoms with van der Waals surface area (Å²) in [4.78, 5) is 10.6. The number of hydrogen-bond acceptors (Lipinski definition) is 4. The van der Waals surface area contributed by atoms with Gasteiger partial charge in [-0.2, -0.15) is 0 Å². The van der Waals surface area contributed by atoms with E-state index in [-0.39, 0.29) is 0 Å². The van der Waals surface area contributed by atoms with E-state index >= 15 is 0 Å². The Morgan fingerprint density at radius 3 is 2.55 bits per heavy atom. The second-order valence-electron chi connectivity index (χ2n) is 4.78. The van der Waals surface area contributed by atoms with Crippen LogP contribution in [0.25, 0.3) is 0 Å². The second-order valence-corrected chi connectivity index (χ2v) is 4.78. The first-order valence-corrected chi connectivity index (χ1v) is 6.93. The van der Waals surface area contributed by atoms with Crippen LogP contribution in [-0.2, 0) is 13.0 Å². The lowest BCUT2D eigenvalue weighted by Gasteiger charge is -2.16. The molecule has 0 amide bonds. The summed E-state index contributed by atoms with van der Waals surface area (Å²) in [5.74, 6) is 0.690. The fraction of sp³-hybridized carbons (Fsp3) is 0.375. The topological polar surface area (TPSA) is 38.2 Å². The van der Waals surface area contributed by atoms with Crippen LogP contribution < -0.4 is 4.74 Å². The summed E-state index contributed by atoms with van der Waals surface area (Å²) in [5, 5.41) is 0. The standard InChI is InChI=1S/C16H21N3O/c1-3-20-16-5-4-15(12-18-16)13-19(2)11-8-14-6-9-17-10-7-14/h4-7,9-10,12H,3,8,11,13H2,1-2H3. The van der Waals surface area contributed by atoms with E-state index in [2.05, 4.69) is 40.1 Å². The number of likely N-dealkylation sites (N-methyl/N-ethyl adjacent to an activating group) is 1. The SMILES string of the molecule is CCOc1ccc(CN(C)CCc2ccncc2)cn1. The zero-order valence-electron chi connectivity index (χ0n) is 12.1. The van der Waals surface area contributed by atoms with Crippen LogP contribution in [0.2, 0.25) is 0 Å². The normalized spacial score (nSPS) is 10.8. The van der Waals surface area contributed by atoms with Gasteiger partial charge >= 0.3 is 0 Å². The Hall–Kier alpha value is -1.94. The molecule has 0 N–H and O–H groups in total. The molecule has 2 rings (SSSR count). The molecule has 20 heavy (non-hydrogen) atoms. The van der Waals surface area contributed by atoms with Gasteiger partial charge in [0.15, 0.2) is 0 Å². The summed E-state index contributed by atoms with van der Waals surface area (Å²) in [5.41, 5.74) is 2.52. The van der Waals surface area contributed by atoms with Crippen molar-refractivity contribution in [2.24, 2.45) is 0 Å². The lowest BCUT2D eigenvalue weighted by atomic mass is 10.2. The molecule has 0 spiro atoms. The van der Waals surface area contributed by atoms with Crippen molar-refractivity contribution in [2.75, 3.05) is 20.2 Å². The molecule has 4 nitrogen and oxygen atoms in total. The van der Waals surface area contributed by atoms with Crippen LogP contribution in [0.5, 0.6) is 5.88 Å². The Morgan fingerprint density at radius 2 is 1.90 bits per heavy atom. The van der Waals surface area contributed by atoms with Gasteiger partial charge in [0.25, 0.3) is 0 Å². The van der Waals surface area contributed by atoms with E-state index in [1.54, 1.807) is 0 Å². The highest BCUT2D eigenvalue weighted by molar-refractivity contribution is 5.17. The number of rotatable bonds is 7. The van der Waals surface area contributed by atoms with Gasteiger partial charge in [-0.3, -0.25) is 4.98 Å². The smallest absolute Gasteiger partial charge is 0.213 e. The highest BCUT2D eigenvalue weighted by Gasteiger charge is 2.02. The number of pyridine rings is 2. The highest BCUT2D eigenvalue weighted by atomic mass is 16.5. The summed E-state index contributed by atoms with van der Waals surface area (Å²) in [7, 11) is 2.12. The summed E-state index contributed by atoms with van der Waals surface area (Å²) in [6.07, 6.45) is 6.59. The van der Waals surface area contributed by atoms with E-state index in [4.69, 9.17) is 4.74 Å². The van der Waals surface area contributed by atoms with Crippen molar-refractivity contribution >= 4 is 0 Å². The van der Waals surface area contributed by atoms with Crippen LogP contribution in [0.1, 0.15) is 18.1 Å². The van der Waals surface area contributed by atoms with Gasteiger partial charge in [-0.1, -0.05) is 6.07 Å². The van der Waals surface area contributed by atoms with Crippen molar-refractivity contribution in [1.29, 1.82) is 0 Å². The number of hydrogen-bond donors (Lipinski definition) is 0. The van der Waals surface area contributed by atoms with E-state index in [0.717, 1.165) is 19.5 Å². The third-order valence-electron chi connectivity index (χ3n) is 3.07. The van der Waals surface area contributed by atoms with Crippen LogP contribution in [-0.4, -0.2) is 35.1 Å². The zero-order valence-corrected chi connectivity index (χ0v) is 12.1. The molecule has 2 aromatic heterocycles. The lowest BCUT2D eigenvalue weighted by Crippen LogP contribution is -2.20. The maximum atomic E-state index is 5.34. The minimum Gasteiger partial charge on any atom is -0.478 e. The molecule has 0 atom stereocenters. The average Bonchev–Trinajstić information content (AvgIpc) is 2.49. The minimum atomic E-state index is 0.651. The van der Waals surface area contributed by atoms with Gasteiger partial charge in [0.2, 0.25) is 5.88 Å².